The van der Waals surface area contributed by atoms with Gasteiger partial charge < -0.3 is 10.1 Å². The molecule has 21 heavy (non-hydrogen) atoms. The van der Waals surface area contributed by atoms with Crippen molar-refractivity contribution < 1.29 is 13.2 Å². The Morgan fingerprint density at radius 1 is 1.52 bits per heavy atom. The minimum Gasteiger partial charge on any atom is -0.383 e. The van der Waals surface area contributed by atoms with Crippen molar-refractivity contribution in [2.45, 2.75) is 37.2 Å². The van der Waals surface area contributed by atoms with Gasteiger partial charge in [-0.15, -0.1) is 11.3 Å². The Morgan fingerprint density at radius 2 is 2.24 bits per heavy atom. The van der Waals surface area contributed by atoms with Crippen LogP contribution in [-0.2, 0) is 21.3 Å². The van der Waals surface area contributed by atoms with Gasteiger partial charge in [-0.2, -0.15) is 4.31 Å². The van der Waals surface area contributed by atoms with Crippen molar-refractivity contribution >= 4 is 37.3 Å². The summed E-state index contributed by atoms with van der Waals surface area (Å²) in [5, 5.41) is 3.22. The van der Waals surface area contributed by atoms with Gasteiger partial charge in [0, 0.05) is 31.1 Å². The minimum atomic E-state index is -3.46. The highest BCUT2D eigenvalue weighted by Gasteiger charge is 2.39. The summed E-state index contributed by atoms with van der Waals surface area (Å²) >= 11 is 4.88. The molecule has 120 valence electrons. The predicted molar refractivity (Wildman–Crippen MR) is 88.2 cm³/mol. The molecule has 1 aliphatic rings. The highest BCUT2D eigenvalue weighted by Crippen LogP contribution is 2.37. The molecule has 0 spiro atoms. The molecule has 8 heteroatoms. The number of rotatable bonds is 9. The number of thiophene rings is 1. The summed E-state index contributed by atoms with van der Waals surface area (Å²) in [6, 6.07) is 1.91. The van der Waals surface area contributed by atoms with Crippen molar-refractivity contribution in [3.63, 3.8) is 0 Å². The number of methoxy groups -OCH3 is 1. The van der Waals surface area contributed by atoms with Crippen molar-refractivity contribution in [2.75, 3.05) is 26.8 Å². The number of sulfonamides is 1. The second-order valence-electron chi connectivity index (χ2n) is 4.97. The molecule has 0 aliphatic heterocycles. The Morgan fingerprint density at radius 3 is 2.81 bits per heavy atom. The van der Waals surface area contributed by atoms with Crippen LogP contribution in [-0.4, -0.2) is 45.6 Å². The summed E-state index contributed by atoms with van der Waals surface area (Å²) in [5.74, 6) is 0. The molecule has 1 aromatic heterocycles. The highest BCUT2D eigenvalue weighted by atomic mass is 79.9. The molecule has 1 aromatic rings. The molecule has 0 saturated heterocycles. The fourth-order valence-corrected chi connectivity index (χ4v) is 6.35. The lowest BCUT2D eigenvalue weighted by Crippen LogP contribution is -2.35. The molecular formula is C13H21BrN2O3S2. The second kappa shape index (κ2) is 7.52. The summed E-state index contributed by atoms with van der Waals surface area (Å²) in [6.45, 7) is 4.41. The molecule has 5 nitrogen and oxygen atoms in total. The molecule has 1 aliphatic carbocycles. The van der Waals surface area contributed by atoms with Crippen LogP contribution in [0.3, 0.4) is 0 Å². The summed E-state index contributed by atoms with van der Waals surface area (Å²) in [4.78, 5) is 1.40. The molecule has 0 atom stereocenters. The van der Waals surface area contributed by atoms with Gasteiger partial charge in [-0.25, -0.2) is 8.42 Å². The minimum absolute atomic E-state index is 0.133. The zero-order valence-electron chi connectivity index (χ0n) is 12.3. The predicted octanol–water partition coefficient (Wildman–Crippen LogP) is 2.42. The van der Waals surface area contributed by atoms with E-state index in [0.29, 0.717) is 28.4 Å². The van der Waals surface area contributed by atoms with Gasteiger partial charge in [-0.05, 0) is 41.4 Å². The first-order chi connectivity index (χ1) is 10.0. The van der Waals surface area contributed by atoms with Crippen molar-refractivity contribution in [1.29, 1.82) is 0 Å². The lowest BCUT2D eigenvalue weighted by Gasteiger charge is -2.21. The van der Waals surface area contributed by atoms with Crippen LogP contribution in [0.15, 0.2) is 14.7 Å². The summed E-state index contributed by atoms with van der Waals surface area (Å²) in [6.07, 6.45) is 1.88. The Labute approximate surface area is 138 Å². The SMILES string of the molecule is CCNCc1cc(S(=O)(=O)N(CCOC)C2CC2)c(Br)s1. The molecule has 0 unspecified atom stereocenters. The fraction of sp³-hybridized carbons (Fsp3) is 0.692. The molecule has 1 fully saturated rings. The number of nitrogens with zero attached hydrogens (tertiary/aromatic N) is 1. The van der Waals surface area contributed by atoms with Gasteiger partial charge in [0.2, 0.25) is 10.0 Å². The van der Waals surface area contributed by atoms with Gasteiger partial charge >= 0.3 is 0 Å². The number of hydrogen-bond donors (Lipinski definition) is 1. The Kier molecular flexibility index (Phi) is 6.22. The van der Waals surface area contributed by atoms with Crippen LogP contribution >= 0.6 is 27.3 Å². The second-order valence-corrected chi connectivity index (χ2v) is 9.28. The molecule has 1 N–H and O–H groups in total. The van der Waals surface area contributed by atoms with E-state index in [1.54, 1.807) is 17.5 Å². The van der Waals surface area contributed by atoms with E-state index in [2.05, 4.69) is 21.2 Å². The Bertz CT molecular complexity index is 570. The van der Waals surface area contributed by atoms with Crippen LogP contribution < -0.4 is 5.32 Å². The first-order valence-electron chi connectivity index (χ1n) is 7.00. The maximum Gasteiger partial charge on any atom is 0.245 e. The van der Waals surface area contributed by atoms with Gasteiger partial charge in [0.1, 0.15) is 4.90 Å². The van der Waals surface area contributed by atoms with Crippen LogP contribution in [0.5, 0.6) is 0 Å². The number of hydrogen-bond acceptors (Lipinski definition) is 5. The highest BCUT2D eigenvalue weighted by molar-refractivity contribution is 9.11. The topological polar surface area (TPSA) is 58.6 Å². The maximum absolute atomic E-state index is 12.9. The summed E-state index contributed by atoms with van der Waals surface area (Å²) < 4.78 is 33.0. The van der Waals surface area contributed by atoms with E-state index in [-0.39, 0.29) is 6.04 Å². The molecule has 0 aromatic carbocycles. The molecule has 1 heterocycles. The average molecular weight is 397 g/mol. The molecule has 1 saturated carbocycles. The van der Waals surface area contributed by atoms with Gasteiger partial charge in [0.15, 0.2) is 0 Å². The van der Waals surface area contributed by atoms with E-state index in [9.17, 15) is 8.42 Å². The van der Waals surface area contributed by atoms with Crippen molar-refractivity contribution in [3.8, 4) is 0 Å². The van der Waals surface area contributed by atoms with Gasteiger partial charge in [-0.1, -0.05) is 6.92 Å². The van der Waals surface area contributed by atoms with Crippen molar-refractivity contribution in [3.05, 3.63) is 14.7 Å². The van der Waals surface area contributed by atoms with Gasteiger partial charge in [-0.3, -0.25) is 0 Å². The zero-order valence-corrected chi connectivity index (χ0v) is 15.5. The normalized spacial score (nSPS) is 15.8. The number of halogens is 1. The lowest BCUT2D eigenvalue weighted by molar-refractivity contribution is 0.177. The standard InChI is InChI=1S/C13H21BrN2O3S2/c1-3-15-9-11-8-12(13(14)20-11)21(17,18)16(6-7-19-2)10-4-5-10/h8,10,15H,3-7,9H2,1-2H3. The third kappa shape index (κ3) is 4.27. The zero-order chi connectivity index (χ0) is 15.5. The monoisotopic (exact) mass is 396 g/mol. The van der Waals surface area contributed by atoms with Crippen molar-refractivity contribution in [2.24, 2.45) is 0 Å². The first-order valence-corrected chi connectivity index (χ1v) is 10.0. The van der Waals surface area contributed by atoms with Crippen LogP contribution in [0.25, 0.3) is 0 Å². The Balaban J connectivity index is 2.22. The summed E-state index contributed by atoms with van der Waals surface area (Å²) in [5.41, 5.74) is 0. The third-order valence-corrected chi connectivity index (χ3v) is 7.52. The average Bonchev–Trinajstić information content (AvgIpc) is 3.19. The van der Waals surface area contributed by atoms with Crippen LogP contribution in [0.4, 0.5) is 0 Å². The quantitative estimate of drug-likeness (QED) is 0.696. The first kappa shape index (κ1) is 17.4. The van der Waals surface area contributed by atoms with Crippen molar-refractivity contribution in [1.82, 2.24) is 9.62 Å². The Hall–Kier alpha value is 0.01000. The number of nitrogens with one attached hydrogen (secondary N) is 1. The van der Waals surface area contributed by atoms with E-state index in [4.69, 9.17) is 4.74 Å². The molecular weight excluding hydrogens is 376 g/mol. The molecule has 0 amide bonds. The van der Waals surface area contributed by atoms with E-state index in [1.165, 1.54) is 11.3 Å². The van der Waals surface area contributed by atoms with Gasteiger partial charge in [0.25, 0.3) is 0 Å². The lowest BCUT2D eigenvalue weighted by atomic mass is 10.4. The molecule has 2 rings (SSSR count). The van der Waals surface area contributed by atoms with Crippen LogP contribution in [0, 0.1) is 0 Å². The smallest absolute Gasteiger partial charge is 0.245 e. The fourth-order valence-electron chi connectivity index (χ4n) is 2.08. The molecule has 0 bridgehead atoms. The summed E-state index contributed by atoms with van der Waals surface area (Å²) in [7, 11) is -1.87. The third-order valence-electron chi connectivity index (χ3n) is 3.31. The number of ether oxygens (including phenoxy) is 1. The van der Waals surface area contributed by atoms with E-state index in [1.807, 2.05) is 6.92 Å². The maximum atomic E-state index is 12.9. The van der Waals surface area contributed by atoms with Crippen LogP contribution in [0.2, 0.25) is 0 Å². The largest absolute Gasteiger partial charge is 0.383 e. The van der Waals surface area contributed by atoms with E-state index >= 15 is 0 Å². The molecule has 0 radical (unpaired) electrons. The van der Waals surface area contributed by atoms with E-state index in [0.717, 1.165) is 24.3 Å². The van der Waals surface area contributed by atoms with E-state index < -0.39 is 10.0 Å². The van der Waals surface area contributed by atoms with Gasteiger partial charge in [0.05, 0.1) is 10.4 Å². The van der Waals surface area contributed by atoms with Crippen LogP contribution in [0.1, 0.15) is 24.6 Å².